The van der Waals surface area contributed by atoms with E-state index in [2.05, 4.69) is 20.6 Å². The van der Waals surface area contributed by atoms with E-state index in [1.54, 1.807) is 6.07 Å². The number of methoxy groups -OCH3 is 2. The van der Waals surface area contributed by atoms with Gasteiger partial charge in [0.05, 0.1) is 50.5 Å². The van der Waals surface area contributed by atoms with Crippen LogP contribution in [0, 0.1) is 17.5 Å². The molecule has 0 unspecified atom stereocenters. The highest BCUT2D eigenvalue weighted by Gasteiger charge is 2.52. The lowest BCUT2D eigenvalue weighted by molar-refractivity contribution is -0.203. The van der Waals surface area contributed by atoms with E-state index in [0.717, 1.165) is 30.8 Å². The van der Waals surface area contributed by atoms with Crippen molar-refractivity contribution >= 4 is 23.7 Å². The summed E-state index contributed by atoms with van der Waals surface area (Å²) in [5, 5.41) is 27.3. The van der Waals surface area contributed by atoms with Crippen molar-refractivity contribution in [3.05, 3.63) is 71.8 Å². The van der Waals surface area contributed by atoms with Crippen LogP contribution in [0.1, 0.15) is 37.4 Å². The number of aromatic nitrogens is 6. The van der Waals surface area contributed by atoms with Crippen LogP contribution in [-0.4, -0.2) is 110 Å². The second-order valence-corrected chi connectivity index (χ2v) is 13.5. The smallest absolute Gasteiger partial charge is 0.308 e. The lowest BCUT2D eigenvalue weighted by atomic mass is 9.94. The molecule has 2 aromatic heterocycles. The lowest BCUT2D eigenvalue weighted by Gasteiger charge is -2.46. The largest absolute Gasteiger partial charge is 0.469 e. The summed E-state index contributed by atoms with van der Waals surface area (Å²) < 4.78 is 99.7. The lowest BCUT2D eigenvalue weighted by Crippen LogP contribution is -2.57. The molecular formula is C33H33F5N6O8S. The number of benzene rings is 2. The number of carbonyl (C=O) groups is 2. The summed E-state index contributed by atoms with van der Waals surface area (Å²) in [5.74, 6) is -6.00. The zero-order valence-corrected chi connectivity index (χ0v) is 29.0. The van der Waals surface area contributed by atoms with Crippen LogP contribution in [-0.2, 0) is 33.3 Å². The molecule has 0 bridgehead atoms. The molecule has 284 valence electrons. The van der Waals surface area contributed by atoms with E-state index < -0.39 is 89.4 Å². The fourth-order valence-corrected chi connectivity index (χ4v) is 7.74. The van der Waals surface area contributed by atoms with Crippen LogP contribution < -0.4 is 0 Å². The Kier molecular flexibility index (Phi) is 11.7. The van der Waals surface area contributed by atoms with Gasteiger partial charge in [-0.1, -0.05) is 28.6 Å². The summed E-state index contributed by atoms with van der Waals surface area (Å²) in [6, 6.07) is 5.32. The number of alkyl halides is 2. The minimum Gasteiger partial charge on any atom is -0.469 e. The average Bonchev–Trinajstić information content (AvgIpc) is 3.83. The average molecular weight is 769 g/mol. The predicted molar refractivity (Wildman–Crippen MR) is 174 cm³/mol. The number of hydrogen-bond acceptors (Lipinski definition) is 13. The Hall–Kier alpha value is -4.50. The van der Waals surface area contributed by atoms with E-state index in [-0.39, 0.29) is 30.0 Å². The maximum absolute atomic E-state index is 14.1. The second-order valence-electron chi connectivity index (χ2n) is 12.2. The number of esters is 2. The maximum atomic E-state index is 14.1. The molecule has 20 heteroatoms. The number of thioether (sulfide) groups is 1. The summed E-state index contributed by atoms with van der Waals surface area (Å²) in [6.07, 6.45) is -4.86. The van der Waals surface area contributed by atoms with Gasteiger partial charge in [-0.2, -0.15) is 0 Å². The van der Waals surface area contributed by atoms with Gasteiger partial charge in [0.15, 0.2) is 23.6 Å². The number of aliphatic hydroxyl groups excluding tert-OH is 1. The van der Waals surface area contributed by atoms with Crippen LogP contribution in [0.15, 0.2) is 48.8 Å². The molecule has 0 spiro atoms. The molecule has 6 rings (SSSR count). The molecule has 2 saturated heterocycles. The molecule has 0 saturated carbocycles. The van der Waals surface area contributed by atoms with Gasteiger partial charge in [0.2, 0.25) is 0 Å². The third-order valence-electron chi connectivity index (χ3n) is 8.82. The molecule has 53 heavy (non-hydrogen) atoms. The first-order valence-electron chi connectivity index (χ1n) is 16.1. The quantitative estimate of drug-likeness (QED) is 0.132. The Morgan fingerprint density at radius 1 is 0.981 bits per heavy atom. The van der Waals surface area contributed by atoms with Crippen LogP contribution in [0.5, 0.6) is 0 Å². The normalized spacial score (nSPS) is 26.1. The molecule has 4 aromatic rings. The van der Waals surface area contributed by atoms with E-state index in [1.807, 2.05) is 0 Å². The van der Waals surface area contributed by atoms with Gasteiger partial charge in [0, 0.05) is 30.7 Å². The number of hydrogen-bond donors (Lipinski definition) is 1. The van der Waals surface area contributed by atoms with Gasteiger partial charge in [-0.3, -0.25) is 9.59 Å². The van der Waals surface area contributed by atoms with Crippen LogP contribution in [0.25, 0.3) is 22.5 Å². The first-order valence-corrected chi connectivity index (χ1v) is 17.0. The van der Waals surface area contributed by atoms with E-state index in [1.165, 1.54) is 54.2 Å². The highest BCUT2D eigenvalue weighted by atomic mass is 32.2. The highest BCUT2D eigenvalue weighted by Crippen LogP contribution is 2.43. The molecule has 2 aromatic carbocycles. The molecule has 14 nitrogen and oxygen atoms in total. The SMILES string of the molecule is COC(=O)C[C@H]1O[C@@H](S[C@@H]2COC[C@H](n3cc(-c4cccc(C(F)F)c4)nn3)[C@H]2O)[C@H](OC)[C@@H](n2cc(-c3cc(F)c(F)c(F)c3)nn2)[C@H]1OC(C)=O. The summed E-state index contributed by atoms with van der Waals surface area (Å²) in [6.45, 7) is 1.21. The Morgan fingerprint density at radius 2 is 1.66 bits per heavy atom. The molecule has 1 N–H and O–H groups in total. The Labute approximate surface area is 302 Å². The number of halogens is 5. The summed E-state index contributed by atoms with van der Waals surface area (Å²) in [7, 11) is 2.51. The van der Waals surface area contributed by atoms with Crippen molar-refractivity contribution < 1.29 is 60.3 Å². The summed E-state index contributed by atoms with van der Waals surface area (Å²) >= 11 is 1.09. The first-order chi connectivity index (χ1) is 25.4. The van der Waals surface area contributed by atoms with Gasteiger partial charge >= 0.3 is 11.9 Å². The van der Waals surface area contributed by atoms with Crippen molar-refractivity contribution in [1.29, 1.82) is 0 Å². The highest BCUT2D eigenvalue weighted by molar-refractivity contribution is 8.00. The van der Waals surface area contributed by atoms with Crippen LogP contribution in [0.3, 0.4) is 0 Å². The number of ether oxygens (including phenoxy) is 5. The summed E-state index contributed by atoms with van der Waals surface area (Å²) in [5.41, 5.74) is -0.693. The monoisotopic (exact) mass is 768 g/mol. The topological polar surface area (TPSA) is 162 Å². The predicted octanol–water partition coefficient (Wildman–Crippen LogP) is 4.07. The summed E-state index contributed by atoms with van der Waals surface area (Å²) in [4.78, 5) is 24.9. The minimum atomic E-state index is -2.68. The van der Waals surface area contributed by atoms with Crippen molar-refractivity contribution in [1.82, 2.24) is 30.0 Å². The molecule has 2 aliphatic heterocycles. The minimum absolute atomic E-state index is 0.0332. The van der Waals surface area contributed by atoms with Crippen molar-refractivity contribution in [3.8, 4) is 22.5 Å². The maximum Gasteiger partial charge on any atom is 0.308 e. The second kappa shape index (κ2) is 16.3. The van der Waals surface area contributed by atoms with Gasteiger partial charge in [-0.15, -0.1) is 22.0 Å². The zero-order chi connectivity index (χ0) is 38.0. The van der Waals surface area contributed by atoms with E-state index in [9.17, 15) is 36.6 Å². The van der Waals surface area contributed by atoms with Gasteiger partial charge in [0.25, 0.3) is 6.43 Å². The molecule has 0 radical (unpaired) electrons. The first kappa shape index (κ1) is 38.2. The number of nitrogens with zero attached hydrogens (tertiary/aromatic N) is 6. The van der Waals surface area contributed by atoms with E-state index in [0.29, 0.717) is 11.3 Å². The zero-order valence-electron chi connectivity index (χ0n) is 28.2. The number of carbonyl (C=O) groups excluding carboxylic acids is 2. The third-order valence-corrected chi connectivity index (χ3v) is 10.2. The van der Waals surface area contributed by atoms with Crippen LogP contribution in [0.2, 0.25) is 0 Å². The molecule has 4 heterocycles. The van der Waals surface area contributed by atoms with Gasteiger partial charge < -0.3 is 28.8 Å². The molecule has 8 atom stereocenters. The fourth-order valence-electron chi connectivity index (χ4n) is 6.24. The van der Waals surface area contributed by atoms with E-state index >= 15 is 0 Å². The molecule has 0 aliphatic carbocycles. The fraction of sp³-hybridized carbons (Fsp3) is 0.455. The molecular weight excluding hydrogens is 735 g/mol. The molecule has 2 aliphatic rings. The van der Waals surface area contributed by atoms with Crippen LogP contribution in [0.4, 0.5) is 22.0 Å². The Bertz CT molecular complexity index is 1910. The van der Waals surface area contributed by atoms with Crippen molar-refractivity contribution in [2.75, 3.05) is 27.4 Å². The molecule has 0 amide bonds. The van der Waals surface area contributed by atoms with Gasteiger partial charge in [-0.25, -0.2) is 31.3 Å². The van der Waals surface area contributed by atoms with Gasteiger partial charge in [-0.05, 0) is 18.2 Å². The number of aliphatic hydroxyl groups is 1. The van der Waals surface area contributed by atoms with Crippen LogP contribution >= 0.6 is 11.8 Å². The molecule has 2 fully saturated rings. The Morgan fingerprint density at radius 3 is 2.32 bits per heavy atom. The standard InChI is InChI=1S/C33H33F5N6O8S/c1-15(45)51-30-24(10-26(46)48-2)52-33(31(49-3)28(30)44-12-22(40-42-44)18-8-19(34)27(36)20(35)9-18)53-25-14-50-13-23(29(25)47)43-11-21(39-41-43)16-5-4-6-17(7-16)32(37)38/h4-9,11-12,23-25,28-33,47H,10,13-14H2,1-3H3/t23-,24+,25+,28-,29+,30-,31+,33-/m0/s1. The van der Waals surface area contributed by atoms with E-state index in [4.69, 9.17) is 23.7 Å². The number of rotatable bonds is 11. The van der Waals surface area contributed by atoms with Crippen molar-refractivity contribution in [3.63, 3.8) is 0 Å². The Balaban J connectivity index is 1.30. The van der Waals surface area contributed by atoms with Crippen molar-refractivity contribution in [2.45, 2.75) is 67.0 Å². The van der Waals surface area contributed by atoms with Crippen molar-refractivity contribution in [2.24, 2.45) is 0 Å². The van der Waals surface area contributed by atoms with Gasteiger partial charge in [0.1, 0.15) is 41.1 Å². The third kappa shape index (κ3) is 8.20.